The molecule has 1 N–H and O–H groups in total. The number of carbonyl (C=O) groups is 1. The summed E-state index contributed by atoms with van der Waals surface area (Å²) in [5.74, 6) is 1.65. The number of hydrogen-bond acceptors (Lipinski definition) is 3. The largest absolute Gasteiger partial charge is 0.342 e. The van der Waals surface area contributed by atoms with Crippen molar-refractivity contribution in [3.8, 4) is 0 Å². The monoisotopic (exact) mass is 251 g/mol. The smallest absolute Gasteiger partial charge is 0.225 e. The van der Waals surface area contributed by atoms with Gasteiger partial charge < -0.3 is 15.1 Å². The van der Waals surface area contributed by atoms with E-state index in [9.17, 15) is 4.79 Å². The molecule has 3 fully saturated rings. The fourth-order valence-electron chi connectivity index (χ4n) is 3.18. The van der Waals surface area contributed by atoms with Gasteiger partial charge in [-0.1, -0.05) is 0 Å². The molecule has 0 aromatic heterocycles. The molecule has 3 rings (SSSR count). The Bertz CT molecular complexity index is 289. The van der Waals surface area contributed by atoms with Crippen LogP contribution in [-0.2, 0) is 4.79 Å². The lowest BCUT2D eigenvalue weighted by atomic mass is 9.95. The van der Waals surface area contributed by atoms with E-state index in [2.05, 4.69) is 15.1 Å². The fraction of sp³-hybridized carbons (Fsp3) is 0.929. The first-order chi connectivity index (χ1) is 8.83. The number of carbonyl (C=O) groups excluding carboxylic acids is 1. The summed E-state index contributed by atoms with van der Waals surface area (Å²) in [4.78, 5) is 16.7. The molecule has 0 bridgehead atoms. The molecule has 4 nitrogen and oxygen atoms in total. The average molecular weight is 251 g/mol. The van der Waals surface area contributed by atoms with Gasteiger partial charge >= 0.3 is 0 Å². The number of hydrogen-bond donors (Lipinski definition) is 1. The van der Waals surface area contributed by atoms with Crippen LogP contribution in [0.1, 0.15) is 25.7 Å². The van der Waals surface area contributed by atoms with Crippen LogP contribution in [-0.4, -0.2) is 61.5 Å². The molecule has 1 amide bonds. The van der Waals surface area contributed by atoms with E-state index in [1.54, 1.807) is 0 Å². The van der Waals surface area contributed by atoms with E-state index in [4.69, 9.17) is 0 Å². The van der Waals surface area contributed by atoms with Crippen LogP contribution in [0.2, 0.25) is 0 Å². The summed E-state index contributed by atoms with van der Waals surface area (Å²) in [5.41, 5.74) is 0. The molecule has 1 aliphatic carbocycles. The van der Waals surface area contributed by atoms with Crippen LogP contribution in [0.4, 0.5) is 0 Å². The molecule has 3 aliphatic rings. The molecular weight excluding hydrogens is 226 g/mol. The Kier molecular flexibility index (Phi) is 3.85. The second-order valence-electron chi connectivity index (χ2n) is 6.09. The third kappa shape index (κ3) is 3.04. The van der Waals surface area contributed by atoms with E-state index in [1.807, 2.05) is 0 Å². The van der Waals surface area contributed by atoms with Crippen LogP contribution >= 0.6 is 0 Å². The summed E-state index contributed by atoms with van der Waals surface area (Å²) >= 11 is 0. The Balaban J connectivity index is 1.40. The standard InChI is InChI=1S/C14H25N3O/c18-14(13-1-2-13)17-7-3-12(4-8-17)11-16-9-5-15-6-10-16/h12-13,15H,1-11H2. The Morgan fingerprint density at radius 2 is 1.67 bits per heavy atom. The minimum Gasteiger partial charge on any atom is -0.342 e. The Morgan fingerprint density at radius 1 is 1.00 bits per heavy atom. The van der Waals surface area contributed by atoms with Crippen molar-refractivity contribution in [2.75, 3.05) is 45.8 Å². The summed E-state index contributed by atoms with van der Waals surface area (Å²) in [6.07, 6.45) is 4.70. The SMILES string of the molecule is O=C(C1CC1)N1CCC(CN2CCNCC2)CC1. The van der Waals surface area contributed by atoms with Gasteiger partial charge in [-0.25, -0.2) is 0 Å². The molecule has 0 spiro atoms. The number of rotatable bonds is 3. The lowest BCUT2D eigenvalue weighted by Gasteiger charge is -2.36. The molecule has 2 saturated heterocycles. The highest BCUT2D eigenvalue weighted by Gasteiger charge is 2.35. The molecule has 18 heavy (non-hydrogen) atoms. The molecule has 2 heterocycles. The van der Waals surface area contributed by atoms with Crippen LogP contribution in [0, 0.1) is 11.8 Å². The number of piperidine rings is 1. The van der Waals surface area contributed by atoms with Gasteiger partial charge in [-0.05, 0) is 31.6 Å². The minimum atomic E-state index is 0.398. The van der Waals surface area contributed by atoms with Crippen molar-refractivity contribution < 1.29 is 4.79 Å². The van der Waals surface area contributed by atoms with Crippen molar-refractivity contribution in [2.24, 2.45) is 11.8 Å². The lowest BCUT2D eigenvalue weighted by Crippen LogP contribution is -2.47. The van der Waals surface area contributed by atoms with Gasteiger partial charge in [-0.15, -0.1) is 0 Å². The molecule has 2 aliphatic heterocycles. The number of nitrogens with zero attached hydrogens (tertiary/aromatic N) is 2. The third-order valence-electron chi connectivity index (χ3n) is 4.58. The Hall–Kier alpha value is -0.610. The number of piperazine rings is 1. The minimum absolute atomic E-state index is 0.398. The second-order valence-corrected chi connectivity index (χ2v) is 6.09. The summed E-state index contributed by atoms with van der Waals surface area (Å²) in [6.45, 7) is 7.92. The van der Waals surface area contributed by atoms with Gasteiger partial charge in [0.2, 0.25) is 5.91 Å². The first kappa shape index (κ1) is 12.4. The molecule has 0 aromatic carbocycles. The molecule has 1 saturated carbocycles. The predicted molar refractivity (Wildman–Crippen MR) is 71.3 cm³/mol. The van der Waals surface area contributed by atoms with Crippen LogP contribution in [0.15, 0.2) is 0 Å². The molecule has 0 unspecified atom stereocenters. The van der Waals surface area contributed by atoms with Gasteiger partial charge in [0, 0.05) is 51.7 Å². The van der Waals surface area contributed by atoms with Gasteiger partial charge in [0.1, 0.15) is 0 Å². The van der Waals surface area contributed by atoms with Crippen LogP contribution in [0.25, 0.3) is 0 Å². The van der Waals surface area contributed by atoms with Crippen molar-refractivity contribution in [1.29, 1.82) is 0 Å². The van der Waals surface area contributed by atoms with Gasteiger partial charge in [-0.2, -0.15) is 0 Å². The highest BCUT2D eigenvalue weighted by molar-refractivity contribution is 5.81. The van der Waals surface area contributed by atoms with E-state index in [0.29, 0.717) is 11.8 Å². The maximum Gasteiger partial charge on any atom is 0.225 e. The first-order valence-corrected chi connectivity index (χ1v) is 7.55. The van der Waals surface area contributed by atoms with Crippen molar-refractivity contribution in [2.45, 2.75) is 25.7 Å². The zero-order valence-corrected chi connectivity index (χ0v) is 11.2. The van der Waals surface area contributed by atoms with E-state index < -0.39 is 0 Å². The number of nitrogens with one attached hydrogen (secondary N) is 1. The molecular formula is C14H25N3O. The summed E-state index contributed by atoms with van der Waals surface area (Å²) in [5, 5.41) is 3.40. The van der Waals surface area contributed by atoms with Crippen LogP contribution in [0.3, 0.4) is 0 Å². The van der Waals surface area contributed by atoms with Crippen molar-refractivity contribution in [3.63, 3.8) is 0 Å². The molecule has 0 radical (unpaired) electrons. The van der Waals surface area contributed by atoms with Crippen molar-refractivity contribution >= 4 is 5.91 Å². The van der Waals surface area contributed by atoms with Crippen LogP contribution in [0.5, 0.6) is 0 Å². The predicted octanol–water partition coefficient (Wildman–Crippen LogP) is 0.540. The quantitative estimate of drug-likeness (QED) is 0.795. The Labute approximate surface area is 110 Å². The van der Waals surface area contributed by atoms with E-state index in [0.717, 1.165) is 44.9 Å². The molecule has 4 heteroatoms. The highest BCUT2D eigenvalue weighted by atomic mass is 16.2. The molecule has 102 valence electrons. The molecule has 0 aromatic rings. The van der Waals surface area contributed by atoms with Gasteiger partial charge in [0.25, 0.3) is 0 Å². The summed E-state index contributed by atoms with van der Waals surface area (Å²) in [6, 6.07) is 0. The number of amides is 1. The maximum absolute atomic E-state index is 12.0. The summed E-state index contributed by atoms with van der Waals surface area (Å²) < 4.78 is 0. The fourth-order valence-corrected chi connectivity index (χ4v) is 3.18. The lowest BCUT2D eigenvalue weighted by molar-refractivity contribution is -0.134. The zero-order valence-electron chi connectivity index (χ0n) is 11.2. The zero-order chi connectivity index (χ0) is 12.4. The first-order valence-electron chi connectivity index (χ1n) is 7.55. The number of likely N-dealkylation sites (tertiary alicyclic amines) is 1. The topological polar surface area (TPSA) is 35.6 Å². The van der Waals surface area contributed by atoms with Gasteiger partial charge in [0.15, 0.2) is 0 Å². The third-order valence-corrected chi connectivity index (χ3v) is 4.58. The van der Waals surface area contributed by atoms with Crippen molar-refractivity contribution in [1.82, 2.24) is 15.1 Å². The maximum atomic E-state index is 12.0. The van der Waals surface area contributed by atoms with Gasteiger partial charge in [0.05, 0.1) is 0 Å². The second kappa shape index (κ2) is 5.57. The summed E-state index contributed by atoms with van der Waals surface area (Å²) in [7, 11) is 0. The average Bonchev–Trinajstić information content (AvgIpc) is 3.24. The molecule has 0 atom stereocenters. The Morgan fingerprint density at radius 3 is 2.28 bits per heavy atom. The van der Waals surface area contributed by atoms with E-state index >= 15 is 0 Å². The highest BCUT2D eigenvalue weighted by Crippen LogP contribution is 2.32. The van der Waals surface area contributed by atoms with E-state index in [-0.39, 0.29) is 0 Å². The van der Waals surface area contributed by atoms with Crippen LogP contribution < -0.4 is 5.32 Å². The normalized spacial score (nSPS) is 27.4. The van der Waals surface area contributed by atoms with Gasteiger partial charge in [-0.3, -0.25) is 4.79 Å². The van der Waals surface area contributed by atoms with E-state index in [1.165, 1.54) is 32.5 Å². The van der Waals surface area contributed by atoms with Crippen molar-refractivity contribution in [3.05, 3.63) is 0 Å².